The van der Waals surface area contributed by atoms with E-state index >= 15 is 35.1 Å². The van der Waals surface area contributed by atoms with Crippen LogP contribution in [0.2, 0.25) is 0 Å². The number of likely N-dealkylation sites (tertiary alicyclic amines) is 2. The van der Waals surface area contributed by atoms with Crippen LogP contribution in [0.1, 0.15) is 237 Å². The fourth-order valence-electron chi connectivity index (χ4n) is 20.0. The van der Waals surface area contributed by atoms with Gasteiger partial charge in [0.2, 0.25) is 11.8 Å². The van der Waals surface area contributed by atoms with Gasteiger partial charge in [0, 0.05) is 97.2 Å². The molecule has 4 amide bonds. The lowest BCUT2D eigenvalue weighted by molar-refractivity contribution is -0.136. The molecular weight excluding hydrogens is 1560 g/mol. The molecule has 0 saturated carbocycles. The van der Waals surface area contributed by atoms with E-state index in [1.165, 1.54) is 62.8 Å². The van der Waals surface area contributed by atoms with Gasteiger partial charge in [0.15, 0.2) is 23.3 Å². The number of amides is 4. The van der Waals surface area contributed by atoms with Crippen molar-refractivity contribution in [1.29, 1.82) is 0 Å². The second-order valence-corrected chi connectivity index (χ2v) is 34.1. The first-order valence-corrected chi connectivity index (χ1v) is 42.5. The Morgan fingerprint density at radius 3 is 0.967 bits per heavy atom. The van der Waals surface area contributed by atoms with Gasteiger partial charge in [-0.25, -0.2) is 64.6 Å². The quantitative estimate of drug-likeness (QED) is 0.0371. The van der Waals surface area contributed by atoms with Crippen molar-refractivity contribution in [3.8, 4) is 0 Å². The molecule has 8 N–H and O–H groups in total. The number of nitrogens with one attached hydrogen (secondary N) is 8. The number of aromatic nitrogens is 8. The Hall–Kier alpha value is -10.8. The van der Waals surface area contributed by atoms with Crippen molar-refractivity contribution in [2.75, 3.05) is 86.2 Å². The number of H-pyrrole nitrogens is 4. The zero-order valence-corrected chi connectivity index (χ0v) is 68.2. The molecule has 0 aliphatic carbocycles. The molecular formula is C88H102F8N18O6. The summed E-state index contributed by atoms with van der Waals surface area (Å²) in [5, 5.41) is 12.2. The molecule has 0 bridgehead atoms. The van der Waals surface area contributed by atoms with Crippen LogP contribution in [0.3, 0.4) is 0 Å². The highest BCUT2D eigenvalue weighted by molar-refractivity contribution is 5.88. The van der Waals surface area contributed by atoms with Gasteiger partial charge < -0.3 is 80.1 Å². The molecule has 8 aliphatic rings. The SMILES string of the molecule is COC(=O)N[C@H](C(=O)N1CCC[C@H]1c1nc2cc(F)c([C@H]3CC[C@H](c4cc5[nH]c([C@@H]6CCCN6C(=O)[C@@H](NC(=O)OC)C(C)C)nc5cc4F)N3c3cc(F)c(N4CCCCC4)c(F)c3)cc2[nH]1)C(C)C.Fc1cc2nc([C@@H]3CCCN3)[nH]c2cc1[C@H]1CC[C@H](c2cc3[nH]c([C@@H]4CCCN4)nc3cc2F)N1c1cc(F)c(N2CCCCC2)c(F)c1. The van der Waals surface area contributed by atoms with Crippen LogP contribution >= 0.6 is 0 Å². The third-order valence-electron chi connectivity index (χ3n) is 25.9. The number of alkyl carbamates (subject to hydrolysis) is 2. The van der Waals surface area contributed by atoms with Crippen LogP contribution < -0.4 is 40.9 Å². The average molecular weight is 1660 g/mol. The molecule has 32 heteroatoms. The molecule has 8 aliphatic heterocycles. The third kappa shape index (κ3) is 15.7. The molecule has 4 aromatic heterocycles. The van der Waals surface area contributed by atoms with Crippen molar-refractivity contribution in [3.63, 3.8) is 0 Å². The number of carbonyl (C=O) groups excluding carboxylic acids is 4. The summed E-state index contributed by atoms with van der Waals surface area (Å²) in [7, 11) is 2.46. The Bertz CT molecular complexity index is 5210. The molecule has 636 valence electrons. The van der Waals surface area contributed by atoms with Gasteiger partial charge in [-0.05, 0) is 189 Å². The van der Waals surface area contributed by atoms with E-state index in [0.717, 1.165) is 88.9 Å². The van der Waals surface area contributed by atoms with Crippen molar-refractivity contribution in [2.24, 2.45) is 11.8 Å². The molecule has 8 saturated heterocycles. The Morgan fingerprint density at radius 1 is 0.367 bits per heavy atom. The predicted octanol–water partition coefficient (Wildman–Crippen LogP) is 17.1. The van der Waals surface area contributed by atoms with E-state index < -0.39 is 107 Å². The van der Waals surface area contributed by atoms with Crippen LogP contribution in [-0.2, 0) is 19.1 Å². The number of rotatable bonds is 18. The maximum atomic E-state index is 16.8. The van der Waals surface area contributed by atoms with Gasteiger partial charge in [-0.2, -0.15) is 0 Å². The summed E-state index contributed by atoms with van der Waals surface area (Å²) in [6.07, 6.45) is 11.8. The highest BCUT2D eigenvalue weighted by atomic mass is 19.2. The first kappa shape index (κ1) is 81.6. The number of piperidine rings is 2. The fourth-order valence-corrected chi connectivity index (χ4v) is 20.0. The first-order valence-electron chi connectivity index (χ1n) is 42.5. The van der Waals surface area contributed by atoms with Crippen molar-refractivity contribution in [1.82, 2.24) is 70.9 Å². The number of methoxy groups -OCH3 is 2. The minimum absolute atomic E-state index is 0.0352. The summed E-state index contributed by atoms with van der Waals surface area (Å²) >= 11 is 0. The lowest BCUT2D eigenvalue weighted by atomic mass is 10.0. The fraction of sp³-hybridized carbons (Fsp3) is 0.500. The van der Waals surface area contributed by atoms with Crippen LogP contribution in [0, 0.1) is 58.4 Å². The first-order chi connectivity index (χ1) is 58.0. The summed E-state index contributed by atoms with van der Waals surface area (Å²) in [5.41, 5.74) is 5.38. The summed E-state index contributed by atoms with van der Waals surface area (Å²) < 4.78 is 140. The highest BCUT2D eigenvalue weighted by Crippen LogP contribution is 2.53. The third-order valence-corrected chi connectivity index (χ3v) is 25.9. The number of carbonyl (C=O) groups is 4. The van der Waals surface area contributed by atoms with Gasteiger partial charge in [-0.3, -0.25) is 9.59 Å². The number of halogens is 8. The van der Waals surface area contributed by atoms with Crippen LogP contribution in [0.4, 0.5) is 67.5 Å². The minimum atomic E-state index is -0.851. The summed E-state index contributed by atoms with van der Waals surface area (Å²) in [5.74, 6) is -3.69. The number of anilines is 4. The Balaban J connectivity index is 0.000000182. The highest BCUT2D eigenvalue weighted by Gasteiger charge is 2.45. The molecule has 6 aromatic carbocycles. The molecule has 18 rings (SSSR count). The van der Waals surface area contributed by atoms with Gasteiger partial charge in [0.25, 0.3) is 0 Å². The lowest BCUT2D eigenvalue weighted by Crippen LogP contribution is -2.51. The number of fused-ring (bicyclic) bond motifs is 4. The number of ether oxygens (including phenoxy) is 2. The van der Waals surface area contributed by atoms with Crippen LogP contribution in [0.5, 0.6) is 0 Å². The van der Waals surface area contributed by atoms with E-state index in [4.69, 9.17) is 19.4 Å². The van der Waals surface area contributed by atoms with Gasteiger partial charge in [-0.15, -0.1) is 0 Å². The largest absolute Gasteiger partial charge is 0.453 e. The summed E-state index contributed by atoms with van der Waals surface area (Å²) in [6, 6.07) is 12.1. The van der Waals surface area contributed by atoms with Gasteiger partial charge in [0.1, 0.15) is 70.0 Å². The minimum Gasteiger partial charge on any atom is -0.453 e. The van der Waals surface area contributed by atoms with Gasteiger partial charge in [-0.1, -0.05) is 27.7 Å². The molecule has 10 aromatic rings. The maximum absolute atomic E-state index is 16.8. The van der Waals surface area contributed by atoms with Crippen LogP contribution in [0.25, 0.3) is 44.1 Å². The van der Waals surface area contributed by atoms with Gasteiger partial charge >= 0.3 is 12.2 Å². The van der Waals surface area contributed by atoms with Crippen LogP contribution in [0.15, 0.2) is 72.8 Å². The number of hydrogen-bond donors (Lipinski definition) is 8. The number of imidazole rings is 4. The van der Waals surface area contributed by atoms with E-state index in [1.54, 1.807) is 48.8 Å². The van der Waals surface area contributed by atoms with Crippen molar-refractivity contribution < 1.29 is 63.8 Å². The molecule has 10 atom stereocenters. The topological polar surface area (TPSA) is 269 Å². The molecule has 12 heterocycles. The standard InChI is InChI=1S/C51H62F4N10O6.C37H40F4N8/c1-26(2)43(60-50(68)70-5)48(66)63-18-10-12-41(63)46-56-35-22-29(31(52)24-37(35)58-46)39-14-15-40(65(39)28-20-33(54)45(34(55)21-28)62-16-8-7-9-17-62)30-23-36-38(25-32(30)53)59-47(57-36)42-13-11-19-64(42)49(67)44(27(3)4)61-51(69)71-6;38-23-18-31-29(44-36(46-31)27-6-4-10-42-27)16-21(23)33-8-9-34(22-17-30-32(19-24(22)39)47-37(45-30)28-7-5-11-43-28)49(33)20-14-25(40)35(26(41)15-20)48-12-2-1-3-13-48/h20-27,39-44H,7-19H2,1-6H3,(H,56,58)(H,57,59)(H,60,68)(H,61,69);14-19,27-28,33-34,42-43H,1-13H2,(H,44,46)(H,45,47)/t39-,40-,41+,42+,43+,44+;27-,28-,33+,34+/m10/s1. The Kier molecular flexibility index (Phi) is 23.1. The van der Waals surface area contributed by atoms with Crippen molar-refractivity contribution in [2.45, 2.75) is 204 Å². The molecule has 8 fully saturated rings. The summed E-state index contributed by atoms with van der Waals surface area (Å²) in [4.78, 5) is 94.8. The second-order valence-electron chi connectivity index (χ2n) is 34.1. The molecule has 0 spiro atoms. The normalized spacial score (nSPS) is 22.8. The zero-order chi connectivity index (χ0) is 83.6. The Labute approximate surface area is 689 Å². The Morgan fingerprint density at radius 2 is 0.675 bits per heavy atom. The van der Waals surface area contributed by atoms with Gasteiger partial charge in [0.05, 0.1) is 107 Å². The monoisotopic (exact) mass is 1660 g/mol. The van der Waals surface area contributed by atoms with Crippen molar-refractivity contribution in [3.05, 3.63) is 165 Å². The summed E-state index contributed by atoms with van der Waals surface area (Å²) in [6.45, 7) is 12.1. The number of hydrogen-bond acceptors (Lipinski definition) is 16. The van der Waals surface area contributed by atoms with E-state index in [0.29, 0.717) is 145 Å². The second kappa shape index (κ2) is 34.0. The van der Waals surface area contributed by atoms with Crippen LogP contribution in [-0.4, -0.2) is 152 Å². The van der Waals surface area contributed by atoms with E-state index in [-0.39, 0.29) is 82.5 Å². The number of nitrogens with zero attached hydrogens (tertiary/aromatic N) is 10. The van der Waals surface area contributed by atoms with E-state index in [1.807, 2.05) is 32.6 Å². The number of aromatic amines is 4. The van der Waals surface area contributed by atoms with E-state index in [2.05, 4.69) is 51.2 Å². The number of benzene rings is 6. The molecule has 0 radical (unpaired) electrons. The lowest BCUT2D eigenvalue weighted by Gasteiger charge is -2.35. The average Bonchev–Trinajstić information content (AvgIpc) is 1.54. The smallest absolute Gasteiger partial charge is 0.407 e. The molecule has 120 heavy (non-hydrogen) atoms. The molecule has 24 nitrogen and oxygen atoms in total. The van der Waals surface area contributed by atoms with Crippen molar-refractivity contribution >= 4 is 90.9 Å². The molecule has 0 unspecified atom stereocenters. The zero-order valence-electron chi connectivity index (χ0n) is 68.2. The van der Waals surface area contributed by atoms with E-state index in [9.17, 15) is 19.2 Å². The maximum Gasteiger partial charge on any atom is 0.407 e. The predicted molar refractivity (Wildman–Crippen MR) is 439 cm³/mol.